The molecule has 1 aromatic rings. The molecule has 0 aliphatic carbocycles. The van der Waals surface area contributed by atoms with Crippen molar-refractivity contribution in [2.75, 3.05) is 0 Å². The van der Waals surface area contributed by atoms with Crippen LogP contribution in [0.15, 0.2) is 6.20 Å². The van der Waals surface area contributed by atoms with Crippen LogP contribution in [0.1, 0.15) is 17.6 Å². The van der Waals surface area contributed by atoms with Gasteiger partial charge in [-0.3, -0.25) is 0 Å². The molecule has 9 heteroatoms. The SMILES string of the molecule is FC(F)c1c(OC(F)(F)F)ncc(I)c1CCl. The maximum Gasteiger partial charge on any atom is 0.574 e. The molecule has 0 N–H and O–H groups in total. The Morgan fingerprint density at radius 1 is 1.41 bits per heavy atom. The van der Waals surface area contributed by atoms with Gasteiger partial charge in [-0.15, -0.1) is 24.8 Å². The third-order valence-electron chi connectivity index (χ3n) is 1.70. The van der Waals surface area contributed by atoms with E-state index in [-0.39, 0.29) is 15.0 Å². The van der Waals surface area contributed by atoms with Crippen molar-refractivity contribution in [1.82, 2.24) is 4.98 Å². The zero-order valence-electron chi connectivity index (χ0n) is 7.86. The minimum absolute atomic E-state index is 0.114. The zero-order chi connectivity index (χ0) is 13.2. The molecule has 0 atom stereocenters. The van der Waals surface area contributed by atoms with Crippen LogP contribution < -0.4 is 4.74 Å². The highest BCUT2D eigenvalue weighted by atomic mass is 127. The van der Waals surface area contributed by atoms with Gasteiger partial charge in [-0.05, 0) is 28.2 Å². The summed E-state index contributed by atoms with van der Waals surface area (Å²) in [7, 11) is 0. The molecule has 0 amide bonds. The number of ether oxygens (including phenoxy) is 1. The second kappa shape index (κ2) is 5.51. The molecule has 0 aliphatic rings. The fraction of sp³-hybridized carbons (Fsp3) is 0.375. The summed E-state index contributed by atoms with van der Waals surface area (Å²) in [6, 6.07) is 0. The molecule has 2 nitrogen and oxygen atoms in total. The van der Waals surface area contributed by atoms with Crippen LogP contribution in [0.4, 0.5) is 22.0 Å². The van der Waals surface area contributed by atoms with E-state index in [1.807, 2.05) is 0 Å². The average Bonchev–Trinajstić information content (AvgIpc) is 2.17. The van der Waals surface area contributed by atoms with E-state index in [1.54, 1.807) is 22.6 Å². The van der Waals surface area contributed by atoms with Gasteiger partial charge in [0.25, 0.3) is 6.43 Å². The highest BCUT2D eigenvalue weighted by Gasteiger charge is 2.35. The lowest BCUT2D eigenvalue weighted by Crippen LogP contribution is -2.20. The van der Waals surface area contributed by atoms with Gasteiger partial charge in [-0.1, -0.05) is 0 Å². The van der Waals surface area contributed by atoms with Crippen LogP contribution in [0.2, 0.25) is 0 Å². The quantitative estimate of drug-likeness (QED) is 0.439. The number of pyridine rings is 1. The monoisotopic (exact) mass is 387 g/mol. The van der Waals surface area contributed by atoms with Gasteiger partial charge in [0.15, 0.2) is 0 Å². The van der Waals surface area contributed by atoms with Crippen molar-refractivity contribution in [3.05, 3.63) is 20.9 Å². The molecule has 0 aromatic carbocycles. The summed E-state index contributed by atoms with van der Waals surface area (Å²) in [6.45, 7) is 0. The second-order valence-corrected chi connectivity index (χ2v) is 4.22. The van der Waals surface area contributed by atoms with Crippen LogP contribution in [0.3, 0.4) is 0 Å². The lowest BCUT2D eigenvalue weighted by atomic mass is 10.1. The van der Waals surface area contributed by atoms with E-state index in [4.69, 9.17) is 11.6 Å². The third-order valence-corrected chi connectivity index (χ3v) is 2.90. The van der Waals surface area contributed by atoms with Crippen molar-refractivity contribution in [1.29, 1.82) is 0 Å². The predicted molar refractivity (Wildman–Crippen MR) is 58.2 cm³/mol. The van der Waals surface area contributed by atoms with Crippen molar-refractivity contribution in [3.63, 3.8) is 0 Å². The maximum atomic E-state index is 12.7. The Morgan fingerprint density at radius 2 is 2.00 bits per heavy atom. The van der Waals surface area contributed by atoms with Crippen molar-refractivity contribution >= 4 is 34.2 Å². The molecule has 1 heterocycles. The number of hydrogen-bond acceptors (Lipinski definition) is 2. The van der Waals surface area contributed by atoms with Gasteiger partial charge in [0.05, 0.1) is 5.56 Å². The molecule has 96 valence electrons. The van der Waals surface area contributed by atoms with E-state index in [2.05, 4.69) is 9.72 Å². The van der Waals surface area contributed by atoms with Crippen LogP contribution >= 0.6 is 34.2 Å². The van der Waals surface area contributed by atoms with Gasteiger partial charge >= 0.3 is 6.36 Å². The minimum atomic E-state index is -5.08. The molecule has 0 saturated heterocycles. The first-order valence-corrected chi connectivity index (χ1v) is 5.64. The van der Waals surface area contributed by atoms with Gasteiger partial charge in [0.1, 0.15) is 0 Å². The summed E-state index contributed by atoms with van der Waals surface area (Å²) in [5, 5.41) is 0. The number of alkyl halides is 6. The van der Waals surface area contributed by atoms with E-state index in [1.165, 1.54) is 0 Å². The van der Waals surface area contributed by atoms with Crippen LogP contribution in [0, 0.1) is 3.57 Å². The molecule has 0 fully saturated rings. The van der Waals surface area contributed by atoms with E-state index in [0.717, 1.165) is 6.20 Å². The van der Waals surface area contributed by atoms with Crippen molar-refractivity contribution in [2.45, 2.75) is 18.7 Å². The Bertz CT molecular complexity index is 412. The van der Waals surface area contributed by atoms with Gasteiger partial charge in [-0.25, -0.2) is 13.8 Å². The highest BCUT2D eigenvalue weighted by Crippen LogP contribution is 2.36. The smallest absolute Gasteiger partial charge is 0.387 e. The van der Waals surface area contributed by atoms with Gasteiger partial charge in [0, 0.05) is 15.6 Å². The minimum Gasteiger partial charge on any atom is -0.387 e. The lowest BCUT2D eigenvalue weighted by Gasteiger charge is -2.15. The summed E-state index contributed by atoms with van der Waals surface area (Å²) in [5.74, 6) is -1.52. The van der Waals surface area contributed by atoms with Gasteiger partial charge < -0.3 is 4.74 Å². The Balaban J connectivity index is 3.30. The summed E-state index contributed by atoms with van der Waals surface area (Å²) < 4.78 is 65.0. The Kier molecular flexibility index (Phi) is 4.76. The Labute approximate surface area is 111 Å². The number of nitrogens with zero attached hydrogens (tertiary/aromatic N) is 1. The fourth-order valence-corrected chi connectivity index (χ4v) is 2.21. The standard InChI is InChI=1S/C8H4ClF5INO/c9-1-3-4(15)2-16-7(5(3)6(10)11)17-8(12,13)14/h2,6H,1H2. The molecular weight excluding hydrogens is 383 g/mol. The molecule has 17 heavy (non-hydrogen) atoms. The lowest BCUT2D eigenvalue weighted by molar-refractivity contribution is -0.276. The Hall–Kier alpha value is -0.380. The molecular formula is C8H4ClF5INO. The molecule has 0 aliphatic heterocycles. The fourth-order valence-electron chi connectivity index (χ4n) is 1.07. The normalized spacial score (nSPS) is 12.0. The van der Waals surface area contributed by atoms with Gasteiger partial charge in [-0.2, -0.15) is 0 Å². The largest absolute Gasteiger partial charge is 0.574 e. The highest BCUT2D eigenvalue weighted by molar-refractivity contribution is 14.1. The third kappa shape index (κ3) is 3.80. The number of halogens is 7. The van der Waals surface area contributed by atoms with E-state index < -0.39 is 24.2 Å². The number of rotatable bonds is 3. The number of hydrogen-bond donors (Lipinski definition) is 0. The summed E-state index contributed by atoms with van der Waals surface area (Å²) >= 11 is 7.08. The van der Waals surface area contributed by atoms with Crippen LogP contribution in [-0.2, 0) is 5.88 Å². The number of aromatic nitrogens is 1. The maximum absolute atomic E-state index is 12.7. The average molecular weight is 387 g/mol. The second-order valence-electron chi connectivity index (χ2n) is 2.79. The van der Waals surface area contributed by atoms with E-state index in [0.29, 0.717) is 0 Å². The molecule has 1 rings (SSSR count). The van der Waals surface area contributed by atoms with Crippen molar-refractivity contribution in [2.24, 2.45) is 0 Å². The van der Waals surface area contributed by atoms with Crippen molar-refractivity contribution < 1.29 is 26.7 Å². The summed E-state index contributed by atoms with van der Waals surface area (Å²) in [4.78, 5) is 3.21. The van der Waals surface area contributed by atoms with E-state index in [9.17, 15) is 22.0 Å². The van der Waals surface area contributed by atoms with Crippen molar-refractivity contribution in [3.8, 4) is 5.88 Å². The summed E-state index contributed by atoms with van der Waals surface area (Å²) in [6.07, 6.45) is -7.23. The molecule has 0 unspecified atom stereocenters. The van der Waals surface area contributed by atoms with Crippen LogP contribution in [0.25, 0.3) is 0 Å². The summed E-state index contributed by atoms with van der Waals surface area (Å²) in [5.41, 5.74) is -1.04. The van der Waals surface area contributed by atoms with Crippen LogP contribution in [-0.4, -0.2) is 11.3 Å². The molecule has 1 aromatic heterocycles. The molecule has 0 saturated carbocycles. The molecule has 0 bridgehead atoms. The van der Waals surface area contributed by atoms with E-state index >= 15 is 0 Å². The van der Waals surface area contributed by atoms with Crippen LogP contribution in [0.5, 0.6) is 5.88 Å². The first-order valence-electron chi connectivity index (χ1n) is 4.03. The Morgan fingerprint density at radius 3 is 2.41 bits per heavy atom. The topological polar surface area (TPSA) is 22.1 Å². The van der Waals surface area contributed by atoms with Gasteiger partial charge in [0.2, 0.25) is 5.88 Å². The first-order chi connectivity index (χ1) is 7.76. The molecule has 0 spiro atoms. The first kappa shape index (κ1) is 14.7. The zero-order valence-corrected chi connectivity index (χ0v) is 10.8. The molecule has 0 radical (unpaired) electrons. The predicted octanol–water partition coefficient (Wildman–Crippen LogP) is 4.26.